The summed E-state index contributed by atoms with van der Waals surface area (Å²) in [6, 6.07) is 56.0. The summed E-state index contributed by atoms with van der Waals surface area (Å²) in [6.45, 7) is 6.41. The second-order valence-corrected chi connectivity index (χ2v) is 17.1. The summed E-state index contributed by atoms with van der Waals surface area (Å²) in [4.78, 5) is 0. The third-order valence-corrected chi connectivity index (χ3v) is 12.0. The summed E-state index contributed by atoms with van der Waals surface area (Å²) in [5.41, 5.74) is 6.90. The molecule has 0 radical (unpaired) electrons. The molecule has 0 N–H and O–H groups in total. The van der Waals surface area contributed by atoms with Crippen molar-refractivity contribution in [3.8, 4) is 11.6 Å². The van der Waals surface area contributed by atoms with Crippen molar-refractivity contribution in [3.05, 3.63) is 221 Å². The molecule has 1 aromatic heterocycles. The zero-order chi connectivity index (χ0) is 45.7. The molecule has 1 aliphatic carbocycles. The maximum Gasteiger partial charge on any atom is 0.294 e. The van der Waals surface area contributed by atoms with Crippen LogP contribution in [0.15, 0.2) is 176 Å². The van der Waals surface area contributed by atoms with Crippen LogP contribution in [0.25, 0.3) is 0 Å². The lowest BCUT2D eigenvalue weighted by Gasteiger charge is -2.49. The quantitative estimate of drug-likeness (QED) is 0.0711. The largest absolute Gasteiger partial charge is 0.489 e. The second-order valence-electron chi connectivity index (χ2n) is 17.1. The van der Waals surface area contributed by atoms with Crippen molar-refractivity contribution >= 4 is 0 Å². The molecule has 0 aliphatic heterocycles. The first-order chi connectivity index (χ1) is 32.2. The van der Waals surface area contributed by atoms with Gasteiger partial charge in [0.1, 0.15) is 24.6 Å². The van der Waals surface area contributed by atoms with Crippen molar-refractivity contribution in [1.82, 2.24) is 9.78 Å². The molecular formula is C56H58F2N2O6. The number of hydrogen-bond donors (Lipinski definition) is 0. The van der Waals surface area contributed by atoms with Gasteiger partial charge in [-0.1, -0.05) is 164 Å². The summed E-state index contributed by atoms with van der Waals surface area (Å²) >= 11 is 0. The van der Waals surface area contributed by atoms with Crippen LogP contribution in [0.5, 0.6) is 11.6 Å². The highest BCUT2D eigenvalue weighted by molar-refractivity contribution is 5.39. The lowest BCUT2D eigenvalue weighted by molar-refractivity contribution is -0.298. The smallest absolute Gasteiger partial charge is 0.294 e. The molecule has 0 spiro atoms. The Hall–Kier alpha value is -6.17. The van der Waals surface area contributed by atoms with Crippen LogP contribution in [0.4, 0.5) is 8.78 Å². The number of aromatic nitrogens is 2. The Balaban J connectivity index is 1.17. The summed E-state index contributed by atoms with van der Waals surface area (Å²) < 4.78 is 77.5. The summed E-state index contributed by atoms with van der Waals surface area (Å²) in [5.74, 6) is -4.28. The van der Waals surface area contributed by atoms with E-state index < -0.39 is 36.3 Å². The molecule has 0 saturated heterocycles. The van der Waals surface area contributed by atoms with E-state index in [-0.39, 0.29) is 45.0 Å². The second kappa shape index (κ2) is 22.3. The van der Waals surface area contributed by atoms with E-state index in [1.54, 1.807) is 0 Å². The summed E-state index contributed by atoms with van der Waals surface area (Å²) in [6.07, 6.45) is -5.04. The van der Waals surface area contributed by atoms with Crippen LogP contribution in [0, 0.1) is 12.8 Å². The number of halogens is 2. The van der Waals surface area contributed by atoms with Gasteiger partial charge in [-0.3, -0.25) is 4.68 Å². The third-order valence-electron chi connectivity index (χ3n) is 12.0. The predicted molar refractivity (Wildman–Crippen MR) is 251 cm³/mol. The van der Waals surface area contributed by atoms with Gasteiger partial charge in [-0.05, 0) is 66.3 Å². The molecule has 5 atom stereocenters. The molecule has 6 aromatic carbocycles. The highest BCUT2D eigenvalue weighted by Crippen LogP contribution is 2.46. The van der Waals surface area contributed by atoms with Crippen LogP contribution in [-0.2, 0) is 58.4 Å². The van der Waals surface area contributed by atoms with Crippen LogP contribution >= 0.6 is 0 Å². The SMILES string of the molecule is Cc1c(Cc2ccc(OCc3ccccc3)cc2)c(O[C@H]2[C@H](OCc3ccccc3)[C@@H](OCc3ccccc3)[C@H](OCc3ccccc3)[C@@H](COCc3ccccc3)C2(F)F)nn1C(C)C. The fourth-order valence-corrected chi connectivity index (χ4v) is 8.45. The van der Waals surface area contributed by atoms with E-state index in [2.05, 4.69) is 0 Å². The number of rotatable bonds is 21. The van der Waals surface area contributed by atoms with E-state index in [9.17, 15) is 0 Å². The lowest BCUT2D eigenvalue weighted by Crippen LogP contribution is -2.68. The van der Waals surface area contributed by atoms with E-state index in [1.807, 2.05) is 201 Å². The number of nitrogens with zero attached hydrogens (tertiary/aromatic N) is 2. The first-order valence-corrected chi connectivity index (χ1v) is 22.7. The van der Waals surface area contributed by atoms with Gasteiger partial charge in [-0.15, -0.1) is 5.10 Å². The Morgan fingerprint density at radius 3 is 1.45 bits per heavy atom. The van der Waals surface area contributed by atoms with Crippen molar-refractivity contribution in [2.24, 2.45) is 5.92 Å². The Labute approximate surface area is 387 Å². The molecule has 0 bridgehead atoms. The minimum absolute atomic E-state index is 0.0260. The fraction of sp³-hybridized carbons (Fsp3) is 0.304. The Morgan fingerprint density at radius 2 is 0.970 bits per heavy atom. The van der Waals surface area contributed by atoms with Gasteiger partial charge in [-0.25, -0.2) is 8.78 Å². The topological polar surface area (TPSA) is 73.2 Å². The molecule has 1 fully saturated rings. The van der Waals surface area contributed by atoms with Gasteiger partial charge in [0.15, 0.2) is 6.10 Å². The molecule has 0 unspecified atom stereocenters. The predicted octanol–water partition coefficient (Wildman–Crippen LogP) is 11.9. The minimum Gasteiger partial charge on any atom is -0.489 e. The number of benzene rings is 6. The number of alkyl halides is 2. The number of ether oxygens (including phenoxy) is 6. The van der Waals surface area contributed by atoms with Gasteiger partial charge in [0.05, 0.1) is 45.1 Å². The van der Waals surface area contributed by atoms with Crippen LogP contribution in [0.1, 0.15) is 64.5 Å². The standard InChI is InChI=1S/C56H58F2N2O6/c1-40(2)60-41(3)49(33-42-29-31-48(32-30-42)62-35-44-21-11-5-12-22-44)55(59-60)66-54-53(65-38-47-27-17-8-18-28-47)52(64-37-46-25-15-7-16-26-46)51(63-36-45-23-13-6-14-24-45)50(56(54,57)58)39-61-34-43-19-9-4-10-20-43/h4-32,40,50-54H,33-39H2,1-3H3/t50-,51-,52+,53-,54+/m1/s1. The van der Waals surface area contributed by atoms with Crippen LogP contribution in [0.2, 0.25) is 0 Å². The lowest BCUT2D eigenvalue weighted by atomic mass is 9.77. The van der Waals surface area contributed by atoms with Gasteiger partial charge >= 0.3 is 0 Å². The molecule has 8 nitrogen and oxygen atoms in total. The molecule has 1 saturated carbocycles. The average Bonchev–Trinajstić information content (AvgIpc) is 3.66. The van der Waals surface area contributed by atoms with E-state index in [1.165, 1.54) is 0 Å². The molecule has 10 heteroatoms. The van der Waals surface area contributed by atoms with E-state index in [0.29, 0.717) is 18.6 Å². The Bertz CT molecular complexity index is 2510. The maximum atomic E-state index is 18.2. The summed E-state index contributed by atoms with van der Waals surface area (Å²) in [7, 11) is 0. The zero-order valence-corrected chi connectivity index (χ0v) is 37.8. The van der Waals surface area contributed by atoms with E-state index in [0.717, 1.165) is 44.8 Å². The van der Waals surface area contributed by atoms with Crippen LogP contribution < -0.4 is 9.47 Å². The number of hydrogen-bond acceptors (Lipinski definition) is 7. The molecule has 342 valence electrons. The van der Waals surface area contributed by atoms with Gasteiger partial charge in [0.25, 0.3) is 5.92 Å². The van der Waals surface area contributed by atoms with Gasteiger partial charge in [-0.2, -0.15) is 0 Å². The molecular weight excluding hydrogens is 835 g/mol. The van der Waals surface area contributed by atoms with Crippen molar-refractivity contribution in [3.63, 3.8) is 0 Å². The van der Waals surface area contributed by atoms with E-state index >= 15 is 8.78 Å². The molecule has 0 amide bonds. The summed E-state index contributed by atoms with van der Waals surface area (Å²) in [5, 5.41) is 4.92. The van der Waals surface area contributed by atoms with Gasteiger partial charge in [0, 0.05) is 23.7 Å². The highest BCUT2D eigenvalue weighted by atomic mass is 19.3. The molecule has 8 rings (SSSR count). The third kappa shape index (κ3) is 11.8. The van der Waals surface area contributed by atoms with Gasteiger partial charge in [0.2, 0.25) is 5.88 Å². The van der Waals surface area contributed by atoms with Crippen LogP contribution in [-0.4, -0.2) is 46.7 Å². The van der Waals surface area contributed by atoms with Crippen molar-refractivity contribution in [1.29, 1.82) is 0 Å². The van der Waals surface area contributed by atoms with Crippen molar-refractivity contribution in [2.75, 3.05) is 6.61 Å². The normalized spacial score (nSPS) is 19.2. The maximum absolute atomic E-state index is 18.2. The first kappa shape index (κ1) is 46.4. The Morgan fingerprint density at radius 1 is 0.530 bits per heavy atom. The molecule has 7 aromatic rings. The fourth-order valence-electron chi connectivity index (χ4n) is 8.45. The molecule has 1 heterocycles. The zero-order valence-electron chi connectivity index (χ0n) is 37.8. The van der Waals surface area contributed by atoms with E-state index in [4.69, 9.17) is 33.5 Å². The highest BCUT2D eigenvalue weighted by Gasteiger charge is 2.65. The van der Waals surface area contributed by atoms with Crippen molar-refractivity contribution in [2.45, 2.75) is 96.6 Å². The van der Waals surface area contributed by atoms with Crippen molar-refractivity contribution < 1.29 is 37.2 Å². The molecule has 66 heavy (non-hydrogen) atoms. The minimum atomic E-state index is -3.59. The molecule has 1 aliphatic rings. The average molecular weight is 893 g/mol. The van der Waals surface area contributed by atoms with Gasteiger partial charge < -0.3 is 28.4 Å². The van der Waals surface area contributed by atoms with Crippen LogP contribution in [0.3, 0.4) is 0 Å². The Kier molecular flexibility index (Phi) is 15.7. The monoisotopic (exact) mass is 892 g/mol. The first-order valence-electron chi connectivity index (χ1n) is 22.7.